The third-order valence-electron chi connectivity index (χ3n) is 2.52. The molecular weight excluding hydrogens is 240 g/mol. The van der Waals surface area contributed by atoms with Crippen molar-refractivity contribution in [2.75, 3.05) is 6.61 Å². The summed E-state index contributed by atoms with van der Waals surface area (Å²) in [5, 5.41) is 9.22. The summed E-state index contributed by atoms with van der Waals surface area (Å²) in [5.74, 6) is -1.06. The summed E-state index contributed by atoms with van der Waals surface area (Å²) >= 11 is 0. The van der Waals surface area contributed by atoms with Crippen LogP contribution in [0.15, 0.2) is 18.2 Å². The molecule has 102 valence electrons. The predicted molar refractivity (Wildman–Crippen MR) is 65.3 cm³/mol. The van der Waals surface area contributed by atoms with Gasteiger partial charge in [0, 0.05) is 24.2 Å². The van der Waals surface area contributed by atoms with Crippen LogP contribution in [-0.2, 0) is 0 Å². The van der Waals surface area contributed by atoms with Gasteiger partial charge in [-0.3, -0.25) is 0 Å². The molecule has 0 amide bonds. The molecule has 0 aliphatic rings. The Morgan fingerprint density at radius 1 is 1.22 bits per heavy atom. The van der Waals surface area contributed by atoms with Gasteiger partial charge in [0.1, 0.15) is 23.5 Å². The first-order valence-electron chi connectivity index (χ1n) is 5.91. The molecule has 0 fully saturated rings. The fraction of sp³-hybridized carbons (Fsp3) is 0.538. The number of nitrogens with two attached hydrogens (primary N) is 1. The Bertz CT molecular complexity index is 365. The van der Waals surface area contributed by atoms with Gasteiger partial charge >= 0.3 is 0 Å². The molecule has 0 heterocycles. The summed E-state index contributed by atoms with van der Waals surface area (Å²) < 4.78 is 31.3. The Hall–Kier alpha value is -1.20. The highest BCUT2D eigenvalue weighted by atomic mass is 19.1. The van der Waals surface area contributed by atoms with Crippen LogP contribution in [0.2, 0.25) is 0 Å². The first kappa shape index (κ1) is 14.9. The summed E-state index contributed by atoms with van der Waals surface area (Å²) in [6.07, 6.45) is -0.0168. The maximum absolute atomic E-state index is 13.0. The average molecular weight is 259 g/mol. The van der Waals surface area contributed by atoms with Crippen LogP contribution in [0, 0.1) is 17.6 Å². The molecule has 0 aliphatic carbocycles. The van der Waals surface area contributed by atoms with Gasteiger partial charge in [-0.2, -0.15) is 0 Å². The number of ether oxygens (including phenoxy) is 1. The zero-order chi connectivity index (χ0) is 13.7. The monoisotopic (exact) mass is 259 g/mol. The molecule has 0 radical (unpaired) electrons. The minimum atomic E-state index is -0.723. The van der Waals surface area contributed by atoms with Crippen LogP contribution >= 0.6 is 0 Å². The smallest absolute Gasteiger partial charge is 0.137 e. The van der Waals surface area contributed by atoms with Crippen molar-refractivity contribution in [3.8, 4) is 5.75 Å². The predicted octanol–water partition coefficient (Wildman–Crippen LogP) is 2.08. The Morgan fingerprint density at radius 2 is 1.78 bits per heavy atom. The normalized spacial score (nSPS) is 14.6. The zero-order valence-corrected chi connectivity index (χ0v) is 10.6. The third kappa shape index (κ3) is 4.58. The van der Waals surface area contributed by atoms with E-state index in [2.05, 4.69) is 0 Å². The summed E-state index contributed by atoms with van der Waals surface area (Å²) in [5.41, 5.74) is 5.88. The van der Waals surface area contributed by atoms with E-state index in [0.29, 0.717) is 12.3 Å². The van der Waals surface area contributed by atoms with Crippen LogP contribution in [0.5, 0.6) is 5.75 Å². The van der Waals surface area contributed by atoms with Crippen LogP contribution in [-0.4, -0.2) is 23.9 Å². The van der Waals surface area contributed by atoms with E-state index < -0.39 is 17.7 Å². The van der Waals surface area contributed by atoms with Crippen molar-refractivity contribution in [3.05, 3.63) is 29.8 Å². The summed E-state index contributed by atoms with van der Waals surface area (Å²) in [6.45, 7) is 3.69. The number of halogens is 2. The largest absolute Gasteiger partial charge is 0.486 e. The molecule has 3 nitrogen and oxygen atoms in total. The van der Waals surface area contributed by atoms with E-state index >= 15 is 0 Å². The van der Waals surface area contributed by atoms with Crippen molar-refractivity contribution < 1.29 is 18.6 Å². The summed E-state index contributed by atoms with van der Waals surface area (Å²) in [7, 11) is 0. The fourth-order valence-corrected chi connectivity index (χ4v) is 1.73. The average Bonchev–Trinajstić information content (AvgIpc) is 2.23. The molecule has 1 aromatic carbocycles. The zero-order valence-electron chi connectivity index (χ0n) is 10.6. The van der Waals surface area contributed by atoms with E-state index in [9.17, 15) is 13.9 Å². The molecule has 0 aliphatic heterocycles. The molecule has 0 spiro atoms. The quantitative estimate of drug-likeness (QED) is 0.822. The van der Waals surface area contributed by atoms with Gasteiger partial charge in [-0.25, -0.2) is 8.78 Å². The number of hydrogen-bond donors (Lipinski definition) is 2. The van der Waals surface area contributed by atoms with Gasteiger partial charge in [0.15, 0.2) is 0 Å². The van der Waals surface area contributed by atoms with Crippen molar-refractivity contribution in [1.82, 2.24) is 0 Å². The SMILES string of the molecule is CC(C)CC(N)C(CO)Oc1cc(F)cc(F)c1. The summed E-state index contributed by atoms with van der Waals surface area (Å²) in [6, 6.07) is 2.50. The standard InChI is InChI=1S/C13H19F2NO2/c1-8(2)3-12(16)13(7-17)18-11-5-9(14)4-10(15)6-11/h4-6,8,12-13,17H,3,7,16H2,1-2H3. The lowest BCUT2D eigenvalue weighted by molar-refractivity contribution is 0.0875. The van der Waals surface area contributed by atoms with Crippen molar-refractivity contribution >= 4 is 0 Å². The third-order valence-corrected chi connectivity index (χ3v) is 2.52. The van der Waals surface area contributed by atoms with E-state index in [4.69, 9.17) is 10.5 Å². The number of hydrogen-bond acceptors (Lipinski definition) is 3. The molecule has 3 N–H and O–H groups in total. The van der Waals surface area contributed by atoms with E-state index in [1.165, 1.54) is 0 Å². The highest BCUT2D eigenvalue weighted by Gasteiger charge is 2.20. The number of benzene rings is 1. The van der Waals surface area contributed by atoms with Crippen molar-refractivity contribution in [2.45, 2.75) is 32.4 Å². The maximum Gasteiger partial charge on any atom is 0.137 e. The minimum absolute atomic E-state index is 0.0331. The maximum atomic E-state index is 13.0. The lowest BCUT2D eigenvalue weighted by atomic mass is 10.0. The molecule has 1 rings (SSSR count). The molecule has 0 saturated heterocycles. The van der Waals surface area contributed by atoms with Crippen LogP contribution < -0.4 is 10.5 Å². The van der Waals surface area contributed by atoms with Gasteiger partial charge in [0.2, 0.25) is 0 Å². The van der Waals surface area contributed by atoms with Crippen LogP contribution in [0.25, 0.3) is 0 Å². The molecule has 2 unspecified atom stereocenters. The Labute approximate surface area is 106 Å². The second-order valence-electron chi connectivity index (χ2n) is 4.74. The first-order valence-corrected chi connectivity index (χ1v) is 5.91. The molecule has 1 aromatic rings. The lowest BCUT2D eigenvalue weighted by Crippen LogP contribution is -2.42. The topological polar surface area (TPSA) is 55.5 Å². The number of rotatable bonds is 6. The second-order valence-corrected chi connectivity index (χ2v) is 4.74. The minimum Gasteiger partial charge on any atom is -0.486 e. The lowest BCUT2D eigenvalue weighted by Gasteiger charge is -2.24. The molecular formula is C13H19F2NO2. The van der Waals surface area contributed by atoms with Gasteiger partial charge < -0.3 is 15.6 Å². The van der Waals surface area contributed by atoms with E-state index in [1.54, 1.807) is 0 Å². The number of aliphatic hydroxyl groups is 1. The van der Waals surface area contributed by atoms with Gasteiger partial charge in [-0.15, -0.1) is 0 Å². The first-order chi connectivity index (χ1) is 8.42. The fourth-order valence-electron chi connectivity index (χ4n) is 1.73. The second kappa shape index (κ2) is 6.66. The Balaban J connectivity index is 2.72. The van der Waals surface area contributed by atoms with E-state index in [0.717, 1.165) is 18.2 Å². The van der Waals surface area contributed by atoms with Crippen LogP contribution in [0.3, 0.4) is 0 Å². The van der Waals surface area contributed by atoms with Crippen molar-refractivity contribution in [1.29, 1.82) is 0 Å². The summed E-state index contributed by atoms with van der Waals surface area (Å²) in [4.78, 5) is 0. The molecule has 18 heavy (non-hydrogen) atoms. The van der Waals surface area contributed by atoms with Gasteiger partial charge in [0.05, 0.1) is 6.61 Å². The Kier molecular flexibility index (Phi) is 5.50. The van der Waals surface area contributed by atoms with E-state index in [1.807, 2.05) is 13.8 Å². The van der Waals surface area contributed by atoms with Gasteiger partial charge in [0.25, 0.3) is 0 Å². The van der Waals surface area contributed by atoms with Crippen molar-refractivity contribution in [2.24, 2.45) is 11.7 Å². The van der Waals surface area contributed by atoms with Gasteiger partial charge in [-0.05, 0) is 12.3 Å². The molecule has 0 aromatic heterocycles. The van der Waals surface area contributed by atoms with Gasteiger partial charge in [-0.1, -0.05) is 13.8 Å². The van der Waals surface area contributed by atoms with Crippen LogP contribution in [0.1, 0.15) is 20.3 Å². The highest BCUT2D eigenvalue weighted by molar-refractivity contribution is 5.24. The van der Waals surface area contributed by atoms with E-state index in [-0.39, 0.29) is 18.4 Å². The molecule has 5 heteroatoms. The number of aliphatic hydroxyl groups excluding tert-OH is 1. The Morgan fingerprint density at radius 3 is 2.22 bits per heavy atom. The molecule has 0 bridgehead atoms. The van der Waals surface area contributed by atoms with Crippen molar-refractivity contribution in [3.63, 3.8) is 0 Å². The highest BCUT2D eigenvalue weighted by Crippen LogP contribution is 2.18. The van der Waals surface area contributed by atoms with Crippen LogP contribution in [0.4, 0.5) is 8.78 Å². The molecule has 2 atom stereocenters. The molecule has 0 saturated carbocycles.